The number of ether oxygens (including phenoxy) is 1. The van der Waals surface area contributed by atoms with Gasteiger partial charge in [-0.15, -0.1) is 29.8 Å². The first-order chi connectivity index (χ1) is 18.8. The first kappa shape index (κ1) is 33.9. The topological polar surface area (TPSA) is 134 Å². The number of carbonyl (C=O) groups excluding carboxylic acids is 5. The molecule has 1 saturated heterocycles. The number of rotatable bonds is 12. The molecule has 1 aliphatic heterocycles. The molecule has 226 valence electrons. The fraction of sp³-hybridized carbons (Fsp3) is 0.750. The van der Waals surface area contributed by atoms with Gasteiger partial charge < -0.3 is 25.6 Å². The molecular formula is C28H44Cl2N4O6. The summed E-state index contributed by atoms with van der Waals surface area (Å²) >= 11 is 12.4. The van der Waals surface area contributed by atoms with Gasteiger partial charge in [-0.05, 0) is 52.4 Å². The molecule has 4 amide bonds. The second-order valence-corrected chi connectivity index (χ2v) is 12.7. The second-order valence-electron chi connectivity index (χ2n) is 11.6. The number of Topliss-reactive ketones (excluding diaryl/α,β-unsaturated/α-hetero) is 1. The highest BCUT2D eigenvalue weighted by Crippen LogP contribution is 2.34. The molecule has 1 saturated carbocycles. The van der Waals surface area contributed by atoms with Gasteiger partial charge in [-0.1, -0.05) is 38.7 Å². The maximum absolute atomic E-state index is 14.0. The van der Waals surface area contributed by atoms with Gasteiger partial charge in [0.15, 0.2) is 0 Å². The molecule has 0 spiro atoms. The van der Waals surface area contributed by atoms with Crippen LogP contribution in [-0.2, 0) is 23.9 Å². The van der Waals surface area contributed by atoms with Crippen LogP contribution in [0.5, 0.6) is 0 Å². The number of halogens is 2. The predicted octanol–water partition coefficient (Wildman–Crippen LogP) is 3.64. The molecule has 0 aromatic carbocycles. The van der Waals surface area contributed by atoms with E-state index in [1.165, 1.54) is 11.0 Å². The zero-order valence-corrected chi connectivity index (χ0v) is 25.5. The van der Waals surface area contributed by atoms with Crippen molar-refractivity contribution >= 4 is 52.8 Å². The van der Waals surface area contributed by atoms with Gasteiger partial charge >= 0.3 is 6.09 Å². The molecule has 40 heavy (non-hydrogen) atoms. The molecule has 3 N–H and O–H groups in total. The lowest BCUT2D eigenvalue weighted by Crippen LogP contribution is -2.58. The molecule has 2 fully saturated rings. The van der Waals surface area contributed by atoms with Crippen LogP contribution >= 0.6 is 23.2 Å². The molecule has 2 aliphatic rings. The Morgan fingerprint density at radius 1 is 1.05 bits per heavy atom. The number of carbonyl (C=O) groups is 5. The minimum atomic E-state index is -1.06. The molecular weight excluding hydrogens is 559 g/mol. The molecule has 0 bridgehead atoms. The van der Waals surface area contributed by atoms with Crippen LogP contribution < -0.4 is 16.0 Å². The number of nitrogens with one attached hydrogen (secondary N) is 3. The Labute approximate surface area is 247 Å². The summed E-state index contributed by atoms with van der Waals surface area (Å²) in [6.07, 6.45) is 6.10. The van der Waals surface area contributed by atoms with Crippen LogP contribution in [0, 0.1) is 11.8 Å². The summed E-state index contributed by atoms with van der Waals surface area (Å²) in [5.74, 6) is -3.11. The third-order valence-electron chi connectivity index (χ3n) is 7.18. The Balaban J connectivity index is 2.31. The van der Waals surface area contributed by atoms with E-state index in [9.17, 15) is 24.0 Å². The Bertz CT molecular complexity index is 932. The standard InChI is InChI=1S/C28H44Cl2N4O6/c1-6-11-19(22(35)25(37)31-14-7-2)32-24(36)20-15-18(23(29)30)16-34(20)26(38)21(17-12-9-8-10-13-17)33-27(39)40-28(3,4)5/h7,17-21,23H,2,6,8-16H2,1,3-5H3,(H,31,37)(H,32,36)(H,33,39)/t18?,19?,20-,21?/m0/s1. The van der Waals surface area contributed by atoms with E-state index in [1.54, 1.807) is 20.8 Å². The van der Waals surface area contributed by atoms with Crippen molar-refractivity contribution in [3.63, 3.8) is 0 Å². The number of amides is 4. The average Bonchev–Trinajstić information content (AvgIpc) is 3.35. The van der Waals surface area contributed by atoms with Crippen LogP contribution in [0.1, 0.15) is 79.1 Å². The van der Waals surface area contributed by atoms with Crippen molar-refractivity contribution in [2.45, 2.75) is 108 Å². The maximum atomic E-state index is 14.0. The highest BCUT2D eigenvalue weighted by Gasteiger charge is 2.46. The zero-order valence-electron chi connectivity index (χ0n) is 24.0. The van der Waals surface area contributed by atoms with E-state index in [1.807, 2.05) is 6.92 Å². The summed E-state index contributed by atoms with van der Waals surface area (Å²) in [5, 5.41) is 7.90. The van der Waals surface area contributed by atoms with Gasteiger partial charge in [-0.3, -0.25) is 19.2 Å². The van der Waals surface area contributed by atoms with Crippen LogP contribution in [0.15, 0.2) is 12.7 Å². The van der Waals surface area contributed by atoms with Crippen molar-refractivity contribution in [2.24, 2.45) is 11.8 Å². The lowest BCUT2D eigenvalue weighted by molar-refractivity contribution is -0.143. The summed E-state index contributed by atoms with van der Waals surface area (Å²) in [4.78, 5) is 66.0. The number of hydrogen-bond donors (Lipinski definition) is 3. The third kappa shape index (κ3) is 9.94. The lowest BCUT2D eigenvalue weighted by Gasteiger charge is -2.35. The van der Waals surface area contributed by atoms with Gasteiger partial charge in [-0.2, -0.15) is 0 Å². The Morgan fingerprint density at radius 3 is 2.25 bits per heavy atom. The van der Waals surface area contributed by atoms with Gasteiger partial charge in [-0.25, -0.2) is 4.79 Å². The van der Waals surface area contributed by atoms with Crippen LogP contribution in [-0.4, -0.2) is 76.2 Å². The number of alkyl halides is 2. The van der Waals surface area contributed by atoms with Crippen LogP contribution in [0.3, 0.4) is 0 Å². The van der Waals surface area contributed by atoms with Gasteiger partial charge in [0.2, 0.25) is 17.6 Å². The fourth-order valence-electron chi connectivity index (χ4n) is 5.24. The van der Waals surface area contributed by atoms with Crippen molar-refractivity contribution < 1.29 is 28.7 Å². The van der Waals surface area contributed by atoms with Gasteiger partial charge in [0.1, 0.15) is 22.5 Å². The number of alkyl carbamates (subject to hydrolysis) is 1. The van der Waals surface area contributed by atoms with Crippen LogP contribution in [0.4, 0.5) is 4.79 Å². The largest absolute Gasteiger partial charge is 0.444 e. The summed E-state index contributed by atoms with van der Waals surface area (Å²) in [6.45, 7) is 10.8. The minimum Gasteiger partial charge on any atom is -0.444 e. The lowest BCUT2D eigenvalue weighted by atomic mass is 9.83. The average molecular weight is 604 g/mol. The van der Waals surface area contributed by atoms with E-state index in [0.717, 1.165) is 32.1 Å². The molecule has 10 nitrogen and oxygen atoms in total. The van der Waals surface area contributed by atoms with Crippen molar-refractivity contribution in [1.82, 2.24) is 20.9 Å². The van der Waals surface area contributed by atoms with Crippen molar-refractivity contribution in [3.05, 3.63) is 12.7 Å². The molecule has 1 heterocycles. The second kappa shape index (κ2) is 15.6. The molecule has 3 unspecified atom stereocenters. The van der Waals surface area contributed by atoms with Crippen LogP contribution in [0.2, 0.25) is 0 Å². The van der Waals surface area contributed by atoms with Crippen molar-refractivity contribution in [1.29, 1.82) is 0 Å². The highest BCUT2D eigenvalue weighted by atomic mass is 35.5. The molecule has 1 aliphatic carbocycles. The molecule has 0 radical (unpaired) electrons. The quantitative estimate of drug-likeness (QED) is 0.177. The maximum Gasteiger partial charge on any atom is 0.408 e. The zero-order chi connectivity index (χ0) is 30.0. The third-order valence-corrected chi connectivity index (χ3v) is 7.89. The molecule has 0 aromatic rings. The van der Waals surface area contributed by atoms with Gasteiger partial charge in [0.25, 0.3) is 5.91 Å². The van der Waals surface area contributed by atoms with Gasteiger partial charge in [0, 0.05) is 19.0 Å². The smallest absolute Gasteiger partial charge is 0.408 e. The summed E-state index contributed by atoms with van der Waals surface area (Å²) in [6, 6.07) is -2.94. The summed E-state index contributed by atoms with van der Waals surface area (Å²) in [5.41, 5.74) is -0.755. The number of ketones is 1. The number of nitrogens with zero attached hydrogens (tertiary/aromatic N) is 1. The number of likely N-dealkylation sites (tertiary alicyclic amines) is 1. The van der Waals surface area contributed by atoms with Crippen LogP contribution in [0.25, 0.3) is 0 Å². The molecule has 0 aromatic heterocycles. The molecule has 12 heteroatoms. The predicted molar refractivity (Wildman–Crippen MR) is 154 cm³/mol. The summed E-state index contributed by atoms with van der Waals surface area (Å²) < 4.78 is 5.44. The Hall–Kier alpha value is -2.33. The number of hydrogen-bond acceptors (Lipinski definition) is 6. The Morgan fingerprint density at radius 2 is 1.70 bits per heavy atom. The Kier molecular flexibility index (Phi) is 13.2. The normalized spacial score (nSPS) is 21.3. The first-order valence-corrected chi connectivity index (χ1v) is 15.0. The van der Waals surface area contributed by atoms with E-state index in [4.69, 9.17) is 27.9 Å². The van der Waals surface area contributed by atoms with E-state index >= 15 is 0 Å². The minimum absolute atomic E-state index is 0.111. The highest BCUT2D eigenvalue weighted by molar-refractivity contribution is 6.44. The van der Waals surface area contributed by atoms with Crippen molar-refractivity contribution in [2.75, 3.05) is 13.1 Å². The molecule has 4 atom stereocenters. The van der Waals surface area contributed by atoms with E-state index in [2.05, 4.69) is 22.5 Å². The van der Waals surface area contributed by atoms with E-state index < -0.39 is 64.1 Å². The first-order valence-electron chi connectivity index (χ1n) is 14.1. The molecule has 2 rings (SSSR count). The SMILES string of the molecule is C=CCNC(=O)C(=O)C(CCC)NC(=O)[C@@H]1CC(C(Cl)Cl)CN1C(=O)C(NC(=O)OC(C)(C)C)C1CCCCC1. The monoisotopic (exact) mass is 602 g/mol. The van der Waals surface area contributed by atoms with E-state index in [0.29, 0.717) is 6.42 Å². The van der Waals surface area contributed by atoms with E-state index in [-0.39, 0.29) is 31.8 Å². The van der Waals surface area contributed by atoms with Crippen molar-refractivity contribution in [3.8, 4) is 0 Å². The fourth-order valence-corrected chi connectivity index (χ4v) is 5.61. The van der Waals surface area contributed by atoms with Gasteiger partial charge in [0.05, 0.1) is 6.04 Å². The summed E-state index contributed by atoms with van der Waals surface area (Å²) in [7, 11) is 0.